The number of nitrogens with zero attached hydrogens (tertiary/aromatic N) is 1. The summed E-state index contributed by atoms with van der Waals surface area (Å²) in [5.41, 5.74) is 0.661. The molecule has 4 heteroatoms. The Balaban J connectivity index is 2.37. The van der Waals surface area contributed by atoms with Gasteiger partial charge in [0, 0.05) is 11.8 Å². The number of aromatic nitrogens is 1. The molecule has 0 spiro atoms. The molecule has 0 unspecified atom stereocenters. The smallest absolute Gasteiger partial charge is 0.373 e. The Morgan fingerprint density at radius 3 is 2.56 bits per heavy atom. The molecule has 1 aromatic heterocycles. The summed E-state index contributed by atoms with van der Waals surface area (Å²) in [6.45, 7) is 3.91. The molecule has 0 radical (unpaired) electrons. The van der Waals surface area contributed by atoms with Gasteiger partial charge in [0.1, 0.15) is 0 Å². The predicted octanol–water partition coefficient (Wildman–Crippen LogP) is 3.15. The van der Waals surface area contributed by atoms with Crippen LogP contribution in [0.1, 0.15) is 73.5 Å². The van der Waals surface area contributed by atoms with Crippen LogP contribution in [0.15, 0.2) is 4.42 Å². The van der Waals surface area contributed by atoms with Crippen LogP contribution in [0.4, 0.5) is 0 Å². The third-order valence-corrected chi connectivity index (χ3v) is 3.10. The maximum absolute atomic E-state index is 11.1. The van der Waals surface area contributed by atoms with Gasteiger partial charge < -0.3 is 9.52 Å². The van der Waals surface area contributed by atoms with Crippen LogP contribution in [0.25, 0.3) is 0 Å². The fourth-order valence-corrected chi connectivity index (χ4v) is 2.23. The van der Waals surface area contributed by atoms with Gasteiger partial charge in [-0.15, -0.1) is 0 Å². The number of oxazole rings is 1. The summed E-state index contributed by atoms with van der Waals surface area (Å²) in [7, 11) is 0. The van der Waals surface area contributed by atoms with Crippen molar-refractivity contribution in [2.24, 2.45) is 0 Å². The van der Waals surface area contributed by atoms with Crippen molar-refractivity contribution in [2.45, 2.75) is 51.4 Å². The zero-order valence-corrected chi connectivity index (χ0v) is 9.69. The minimum atomic E-state index is -0.999. The highest BCUT2D eigenvalue weighted by Gasteiger charge is 2.29. The van der Waals surface area contributed by atoms with Crippen LogP contribution >= 0.6 is 0 Å². The van der Waals surface area contributed by atoms with Gasteiger partial charge in [0.05, 0.1) is 5.69 Å². The van der Waals surface area contributed by atoms with E-state index in [0.29, 0.717) is 11.6 Å². The fraction of sp³-hybridized carbons (Fsp3) is 0.667. The second-order valence-electron chi connectivity index (χ2n) is 4.71. The van der Waals surface area contributed by atoms with Gasteiger partial charge in [-0.25, -0.2) is 9.78 Å². The van der Waals surface area contributed by atoms with Crippen LogP contribution in [0.2, 0.25) is 0 Å². The summed E-state index contributed by atoms with van der Waals surface area (Å²) >= 11 is 0. The third-order valence-electron chi connectivity index (χ3n) is 3.10. The molecule has 1 N–H and O–H groups in total. The molecule has 4 nitrogen and oxygen atoms in total. The van der Waals surface area contributed by atoms with Crippen LogP contribution in [-0.4, -0.2) is 16.1 Å². The number of hydrogen-bond donors (Lipinski definition) is 1. The van der Waals surface area contributed by atoms with Gasteiger partial charge in [-0.05, 0) is 12.8 Å². The zero-order valence-electron chi connectivity index (χ0n) is 9.69. The first-order valence-electron chi connectivity index (χ1n) is 5.83. The molecule has 1 saturated carbocycles. The molecule has 1 aliphatic carbocycles. The standard InChI is InChI=1S/C12H17NO3/c1-7(2)11-13-9(8-5-3-4-6-8)10(16-11)12(14)15/h7-8H,3-6H2,1-2H3,(H,14,15). The van der Waals surface area contributed by atoms with Gasteiger partial charge in [-0.2, -0.15) is 0 Å². The van der Waals surface area contributed by atoms with Crippen molar-refractivity contribution in [3.05, 3.63) is 17.3 Å². The highest BCUT2D eigenvalue weighted by atomic mass is 16.4. The van der Waals surface area contributed by atoms with Gasteiger partial charge in [0.15, 0.2) is 5.89 Å². The minimum Gasteiger partial charge on any atom is -0.475 e. The molecule has 0 aromatic carbocycles. The number of rotatable bonds is 3. The van der Waals surface area contributed by atoms with E-state index in [9.17, 15) is 4.79 Å². The molecule has 0 atom stereocenters. The third kappa shape index (κ3) is 1.96. The summed E-state index contributed by atoms with van der Waals surface area (Å²) in [4.78, 5) is 15.4. The van der Waals surface area contributed by atoms with Crippen LogP contribution < -0.4 is 0 Å². The van der Waals surface area contributed by atoms with E-state index in [1.54, 1.807) is 0 Å². The fourth-order valence-electron chi connectivity index (χ4n) is 2.23. The Morgan fingerprint density at radius 1 is 1.44 bits per heavy atom. The second kappa shape index (κ2) is 4.28. The number of aromatic carboxylic acids is 1. The average Bonchev–Trinajstić information content (AvgIpc) is 2.86. The SMILES string of the molecule is CC(C)c1nc(C2CCCC2)c(C(=O)O)o1. The summed E-state index contributed by atoms with van der Waals surface area (Å²) in [5.74, 6) is 0.00630. The number of carbonyl (C=O) groups is 1. The Kier molecular flexibility index (Phi) is 2.99. The zero-order chi connectivity index (χ0) is 11.7. The van der Waals surface area contributed by atoms with Crippen molar-refractivity contribution in [2.75, 3.05) is 0 Å². The van der Waals surface area contributed by atoms with Gasteiger partial charge in [-0.1, -0.05) is 26.7 Å². The highest BCUT2D eigenvalue weighted by molar-refractivity contribution is 5.85. The van der Waals surface area contributed by atoms with Gasteiger partial charge in [0.2, 0.25) is 5.76 Å². The monoisotopic (exact) mass is 223 g/mol. The van der Waals surface area contributed by atoms with E-state index in [1.165, 1.54) is 0 Å². The van der Waals surface area contributed by atoms with E-state index >= 15 is 0 Å². The summed E-state index contributed by atoms with van der Waals surface area (Å²) in [6.07, 6.45) is 4.38. The summed E-state index contributed by atoms with van der Waals surface area (Å²) < 4.78 is 5.34. The maximum atomic E-state index is 11.1. The Hall–Kier alpha value is -1.32. The van der Waals surface area contributed by atoms with Crippen molar-refractivity contribution >= 4 is 5.97 Å². The van der Waals surface area contributed by atoms with E-state index < -0.39 is 5.97 Å². The molecule has 0 bridgehead atoms. The lowest BCUT2D eigenvalue weighted by molar-refractivity contribution is 0.0657. The van der Waals surface area contributed by atoms with E-state index in [2.05, 4.69) is 4.98 Å². The van der Waals surface area contributed by atoms with Crippen molar-refractivity contribution in [1.29, 1.82) is 0 Å². The lowest BCUT2D eigenvalue weighted by atomic mass is 10.0. The lowest BCUT2D eigenvalue weighted by Crippen LogP contribution is -2.03. The number of carboxylic acids is 1. The lowest BCUT2D eigenvalue weighted by Gasteiger charge is -2.04. The highest BCUT2D eigenvalue weighted by Crippen LogP contribution is 2.36. The molecular formula is C12H17NO3. The molecule has 0 aliphatic heterocycles. The van der Waals surface area contributed by atoms with Crippen LogP contribution in [0.5, 0.6) is 0 Å². The van der Waals surface area contributed by atoms with Crippen molar-refractivity contribution in [3.63, 3.8) is 0 Å². The average molecular weight is 223 g/mol. The predicted molar refractivity (Wildman–Crippen MR) is 58.8 cm³/mol. The first-order chi connectivity index (χ1) is 7.59. The molecule has 16 heavy (non-hydrogen) atoms. The largest absolute Gasteiger partial charge is 0.475 e. The Morgan fingerprint density at radius 2 is 2.06 bits per heavy atom. The van der Waals surface area contributed by atoms with Gasteiger partial charge in [-0.3, -0.25) is 0 Å². The number of hydrogen-bond acceptors (Lipinski definition) is 3. The molecule has 2 rings (SSSR count). The molecule has 1 aliphatic rings. The van der Waals surface area contributed by atoms with Crippen molar-refractivity contribution < 1.29 is 14.3 Å². The molecule has 88 valence electrons. The minimum absolute atomic E-state index is 0.0515. The second-order valence-corrected chi connectivity index (χ2v) is 4.71. The normalized spacial score (nSPS) is 17.2. The van der Waals surface area contributed by atoms with Crippen LogP contribution in [-0.2, 0) is 0 Å². The molecule has 1 aromatic rings. The quantitative estimate of drug-likeness (QED) is 0.854. The van der Waals surface area contributed by atoms with Crippen LogP contribution in [0, 0.1) is 0 Å². The van der Waals surface area contributed by atoms with E-state index in [-0.39, 0.29) is 17.6 Å². The number of carboxylic acid groups (broad SMARTS) is 1. The van der Waals surface area contributed by atoms with E-state index in [0.717, 1.165) is 25.7 Å². The molecule has 1 fully saturated rings. The maximum Gasteiger partial charge on any atom is 0.373 e. The van der Waals surface area contributed by atoms with E-state index in [1.807, 2.05) is 13.8 Å². The van der Waals surface area contributed by atoms with E-state index in [4.69, 9.17) is 9.52 Å². The van der Waals surface area contributed by atoms with Gasteiger partial charge in [0.25, 0.3) is 0 Å². The summed E-state index contributed by atoms with van der Waals surface area (Å²) in [5, 5.41) is 9.09. The topological polar surface area (TPSA) is 63.3 Å². The molecule has 1 heterocycles. The Labute approximate surface area is 94.7 Å². The van der Waals surface area contributed by atoms with Crippen LogP contribution in [0.3, 0.4) is 0 Å². The van der Waals surface area contributed by atoms with Crippen molar-refractivity contribution in [3.8, 4) is 0 Å². The first-order valence-corrected chi connectivity index (χ1v) is 5.83. The van der Waals surface area contributed by atoms with Crippen molar-refractivity contribution in [1.82, 2.24) is 4.98 Å². The van der Waals surface area contributed by atoms with Gasteiger partial charge >= 0.3 is 5.97 Å². The Bertz CT molecular complexity index is 389. The first kappa shape index (κ1) is 11.2. The molecular weight excluding hydrogens is 206 g/mol. The molecule has 0 saturated heterocycles. The summed E-state index contributed by atoms with van der Waals surface area (Å²) in [6, 6.07) is 0. The molecule has 0 amide bonds.